The van der Waals surface area contributed by atoms with Crippen molar-refractivity contribution in [3.8, 4) is 5.75 Å². The van der Waals surface area contributed by atoms with Gasteiger partial charge in [0.2, 0.25) is 5.91 Å². The van der Waals surface area contributed by atoms with Crippen molar-refractivity contribution in [1.29, 1.82) is 0 Å². The van der Waals surface area contributed by atoms with Gasteiger partial charge in [-0.05, 0) is 47.0 Å². The zero-order valence-corrected chi connectivity index (χ0v) is 14.3. The molecular formula is C17H17ClN2O2S. The Kier molecular flexibility index (Phi) is 3.79. The first-order chi connectivity index (χ1) is 11.2. The molecule has 0 N–H and O–H groups in total. The quantitative estimate of drug-likeness (QED) is 0.849. The number of amides is 1. The van der Waals surface area contributed by atoms with E-state index in [9.17, 15) is 4.79 Å². The Morgan fingerprint density at radius 3 is 2.91 bits per heavy atom. The molecule has 4 rings (SSSR count). The lowest BCUT2D eigenvalue weighted by Gasteiger charge is -2.33. The molecule has 0 spiro atoms. The van der Waals surface area contributed by atoms with Crippen LogP contribution in [0.1, 0.15) is 12.0 Å². The molecule has 0 radical (unpaired) electrons. The first-order valence-electron chi connectivity index (χ1n) is 7.59. The zero-order valence-electron chi connectivity index (χ0n) is 12.7. The van der Waals surface area contributed by atoms with Gasteiger partial charge in [0.05, 0.1) is 24.2 Å². The predicted molar refractivity (Wildman–Crippen MR) is 92.4 cm³/mol. The van der Waals surface area contributed by atoms with E-state index in [-0.39, 0.29) is 18.0 Å². The van der Waals surface area contributed by atoms with Gasteiger partial charge in [0.1, 0.15) is 5.75 Å². The van der Waals surface area contributed by atoms with Gasteiger partial charge in [0, 0.05) is 18.8 Å². The minimum Gasteiger partial charge on any atom is -0.495 e. The standard InChI is InChI=1S/C17H17ClN2O2S/c1-22-16-3-2-12(6-14(16)18)20-13-7-15(17(20)21)19(9-13)8-11-4-5-23-10-11/h2-6,10,13,15H,7-9H2,1H3/t13-,15-/m0/s1. The fraction of sp³-hybridized carbons (Fsp3) is 0.353. The van der Waals surface area contributed by atoms with E-state index in [2.05, 4.69) is 21.7 Å². The largest absolute Gasteiger partial charge is 0.495 e. The summed E-state index contributed by atoms with van der Waals surface area (Å²) < 4.78 is 5.18. The first-order valence-corrected chi connectivity index (χ1v) is 8.91. The van der Waals surface area contributed by atoms with Gasteiger partial charge in [-0.2, -0.15) is 11.3 Å². The van der Waals surface area contributed by atoms with Crippen molar-refractivity contribution >= 4 is 34.5 Å². The average molecular weight is 349 g/mol. The van der Waals surface area contributed by atoms with E-state index in [1.54, 1.807) is 18.4 Å². The number of ether oxygens (including phenoxy) is 1. The van der Waals surface area contributed by atoms with Crippen LogP contribution >= 0.6 is 22.9 Å². The fourth-order valence-corrected chi connectivity index (χ4v) is 4.51. The van der Waals surface area contributed by atoms with Crippen LogP contribution in [0.4, 0.5) is 5.69 Å². The van der Waals surface area contributed by atoms with Gasteiger partial charge in [-0.3, -0.25) is 9.69 Å². The molecule has 23 heavy (non-hydrogen) atoms. The number of fused-ring (bicyclic) bond motifs is 2. The molecule has 0 saturated carbocycles. The third-order valence-electron chi connectivity index (χ3n) is 4.65. The van der Waals surface area contributed by atoms with E-state index in [1.165, 1.54) is 5.56 Å². The molecule has 2 aliphatic heterocycles. The highest BCUT2D eigenvalue weighted by Gasteiger charge is 2.49. The minimum absolute atomic E-state index is 0.0132. The van der Waals surface area contributed by atoms with Crippen molar-refractivity contribution in [2.24, 2.45) is 0 Å². The lowest BCUT2D eigenvalue weighted by Crippen LogP contribution is -2.50. The number of thiophene rings is 1. The Bertz CT molecular complexity index is 734. The highest BCUT2D eigenvalue weighted by molar-refractivity contribution is 7.07. The molecule has 6 heteroatoms. The Balaban J connectivity index is 1.54. The van der Waals surface area contributed by atoms with Crippen LogP contribution in [0, 0.1) is 0 Å². The molecule has 4 nitrogen and oxygen atoms in total. The van der Waals surface area contributed by atoms with E-state index in [0.29, 0.717) is 10.8 Å². The third-order valence-corrected chi connectivity index (χ3v) is 5.68. The highest BCUT2D eigenvalue weighted by atomic mass is 35.5. The van der Waals surface area contributed by atoms with Gasteiger partial charge in [-0.25, -0.2) is 0 Å². The normalized spacial score (nSPS) is 23.7. The van der Waals surface area contributed by atoms with Crippen LogP contribution in [0.25, 0.3) is 0 Å². The van der Waals surface area contributed by atoms with Crippen molar-refractivity contribution < 1.29 is 9.53 Å². The number of anilines is 1. The number of rotatable bonds is 4. The fourth-order valence-electron chi connectivity index (χ4n) is 3.60. The Labute approximate surface area is 144 Å². The molecule has 120 valence electrons. The summed E-state index contributed by atoms with van der Waals surface area (Å²) >= 11 is 7.91. The number of hydrogen-bond acceptors (Lipinski definition) is 4. The number of carbonyl (C=O) groups is 1. The van der Waals surface area contributed by atoms with Crippen molar-refractivity contribution in [3.05, 3.63) is 45.6 Å². The number of carbonyl (C=O) groups excluding carboxylic acids is 1. The number of piperazine rings is 1. The second-order valence-electron chi connectivity index (χ2n) is 5.99. The maximum Gasteiger partial charge on any atom is 0.244 e. The smallest absolute Gasteiger partial charge is 0.244 e. The topological polar surface area (TPSA) is 32.8 Å². The molecule has 3 heterocycles. The molecule has 2 aromatic rings. The number of nitrogens with zero attached hydrogens (tertiary/aromatic N) is 2. The summed E-state index contributed by atoms with van der Waals surface area (Å²) in [5.41, 5.74) is 2.15. The van der Waals surface area contributed by atoms with Crippen molar-refractivity contribution in [3.63, 3.8) is 0 Å². The van der Waals surface area contributed by atoms with Gasteiger partial charge >= 0.3 is 0 Å². The minimum atomic E-state index is -0.0132. The average Bonchev–Trinajstić information content (AvgIpc) is 3.24. The van der Waals surface area contributed by atoms with Crippen molar-refractivity contribution in [2.45, 2.75) is 25.0 Å². The van der Waals surface area contributed by atoms with Crippen LogP contribution in [0.15, 0.2) is 35.0 Å². The Hall–Kier alpha value is -1.56. The SMILES string of the molecule is COc1ccc(N2C(=O)[C@@H]3C[C@H]2CN3Cc2ccsc2)cc1Cl. The molecule has 2 saturated heterocycles. The van der Waals surface area contributed by atoms with Crippen molar-refractivity contribution in [2.75, 3.05) is 18.6 Å². The number of likely N-dealkylation sites (tertiary alicyclic amines) is 1. The summed E-state index contributed by atoms with van der Waals surface area (Å²) in [6, 6.07) is 7.90. The molecule has 2 bridgehead atoms. The summed E-state index contributed by atoms with van der Waals surface area (Å²) in [5.74, 6) is 0.809. The molecule has 1 amide bonds. The van der Waals surface area contributed by atoms with Gasteiger partial charge in [-0.15, -0.1) is 0 Å². The number of methoxy groups -OCH3 is 1. The summed E-state index contributed by atoms with van der Waals surface area (Å²) in [6.45, 7) is 1.77. The summed E-state index contributed by atoms with van der Waals surface area (Å²) in [6.07, 6.45) is 0.895. The maximum atomic E-state index is 12.8. The van der Waals surface area contributed by atoms with Crippen LogP contribution in [-0.4, -0.2) is 36.5 Å². The number of hydrogen-bond donors (Lipinski definition) is 0. The molecule has 2 atom stereocenters. The van der Waals surface area contributed by atoms with Gasteiger partial charge < -0.3 is 9.64 Å². The number of halogens is 1. The Morgan fingerprint density at radius 2 is 2.26 bits per heavy atom. The molecule has 0 aliphatic carbocycles. The zero-order chi connectivity index (χ0) is 16.0. The van der Waals surface area contributed by atoms with Crippen LogP contribution in [-0.2, 0) is 11.3 Å². The summed E-state index contributed by atoms with van der Waals surface area (Å²) in [4.78, 5) is 17.0. The van der Waals surface area contributed by atoms with Crippen molar-refractivity contribution in [1.82, 2.24) is 4.90 Å². The van der Waals surface area contributed by atoms with Crippen LogP contribution in [0.5, 0.6) is 5.75 Å². The lowest BCUT2D eigenvalue weighted by molar-refractivity contribution is -0.122. The lowest BCUT2D eigenvalue weighted by atomic mass is 10.2. The van der Waals surface area contributed by atoms with E-state index in [0.717, 1.165) is 25.2 Å². The first kappa shape index (κ1) is 15.0. The molecule has 1 aromatic heterocycles. The second-order valence-corrected chi connectivity index (χ2v) is 7.18. The summed E-state index contributed by atoms with van der Waals surface area (Å²) in [7, 11) is 1.59. The Morgan fingerprint density at radius 1 is 1.39 bits per heavy atom. The molecule has 1 aromatic carbocycles. The van der Waals surface area contributed by atoms with Crippen LogP contribution in [0.2, 0.25) is 5.02 Å². The van der Waals surface area contributed by atoms with E-state index in [1.807, 2.05) is 23.1 Å². The highest BCUT2D eigenvalue weighted by Crippen LogP contribution is 2.38. The van der Waals surface area contributed by atoms with E-state index < -0.39 is 0 Å². The number of benzene rings is 1. The molecular weight excluding hydrogens is 332 g/mol. The van der Waals surface area contributed by atoms with Gasteiger partial charge in [0.25, 0.3) is 0 Å². The van der Waals surface area contributed by atoms with Crippen LogP contribution < -0.4 is 9.64 Å². The maximum absolute atomic E-state index is 12.8. The second kappa shape index (κ2) is 5.82. The molecule has 2 fully saturated rings. The van der Waals surface area contributed by atoms with Crippen LogP contribution in [0.3, 0.4) is 0 Å². The molecule has 2 aliphatic rings. The summed E-state index contributed by atoms with van der Waals surface area (Å²) in [5, 5.41) is 4.77. The third kappa shape index (κ3) is 2.53. The van der Waals surface area contributed by atoms with E-state index in [4.69, 9.17) is 16.3 Å². The molecule has 0 unspecified atom stereocenters. The van der Waals surface area contributed by atoms with Gasteiger partial charge in [-0.1, -0.05) is 11.6 Å². The van der Waals surface area contributed by atoms with E-state index >= 15 is 0 Å². The predicted octanol–water partition coefficient (Wildman–Crippen LogP) is 3.40. The monoisotopic (exact) mass is 348 g/mol. The van der Waals surface area contributed by atoms with Gasteiger partial charge in [0.15, 0.2) is 0 Å².